The summed E-state index contributed by atoms with van der Waals surface area (Å²) in [6.07, 6.45) is 2.19. The zero-order valence-electron chi connectivity index (χ0n) is 21.1. The fraction of sp³-hybridized carbons (Fsp3) is 0.367. The molecule has 3 aliphatic heterocycles. The van der Waals surface area contributed by atoms with Crippen molar-refractivity contribution in [2.75, 3.05) is 38.2 Å². The molecule has 7 heteroatoms. The highest BCUT2D eigenvalue weighted by Crippen LogP contribution is 2.36. The lowest BCUT2D eigenvalue weighted by molar-refractivity contribution is -0.945. The van der Waals surface area contributed by atoms with Gasteiger partial charge in [0, 0.05) is 25.2 Å². The van der Waals surface area contributed by atoms with E-state index in [0.29, 0.717) is 11.5 Å². The maximum absolute atomic E-state index is 14.7. The van der Waals surface area contributed by atoms with Gasteiger partial charge < -0.3 is 14.0 Å². The van der Waals surface area contributed by atoms with Crippen LogP contribution < -0.4 is 9.64 Å². The highest BCUT2D eigenvalue weighted by molar-refractivity contribution is 5.87. The molecule has 5 nitrogen and oxygen atoms in total. The third kappa shape index (κ3) is 5.77. The van der Waals surface area contributed by atoms with Gasteiger partial charge in [0.2, 0.25) is 0 Å². The average Bonchev–Trinajstić information content (AvgIpc) is 2.93. The average molecular weight is 508 g/mol. The van der Waals surface area contributed by atoms with Crippen LogP contribution in [0.5, 0.6) is 5.75 Å². The number of halogens is 2. The molecule has 0 N–H and O–H groups in total. The molecule has 3 saturated heterocycles. The van der Waals surface area contributed by atoms with Crippen LogP contribution in [0.3, 0.4) is 0 Å². The molecule has 3 aromatic carbocycles. The van der Waals surface area contributed by atoms with Gasteiger partial charge in [-0.25, -0.2) is 13.6 Å². The summed E-state index contributed by atoms with van der Waals surface area (Å²) in [6.45, 7) is 4.02. The number of carbonyl (C=O) groups is 1. The molecule has 0 spiro atoms. The Kier molecular flexibility index (Phi) is 7.42. The molecule has 0 aliphatic carbocycles. The summed E-state index contributed by atoms with van der Waals surface area (Å²) in [5.74, 6) is 0.304. The second-order valence-corrected chi connectivity index (χ2v) is 10.2. The Bertz CT molecular complexity index is 1210. The van der Waals surface area contributed by atoms with Crippen molar-refractivity contribution in [3.05, 3.63) is 95.6 Å². The maximum atomic E-state index is 14.7. The molecular weight excluding hydrogens is 474 g/mol. The van der Waals surface area contributed by atoms with Crippen LogP contribution in [-0.4, -0.2) is 50.0 Å². The maximum Gasteiger partial charge on any atom is 0.415 e. The van der Waals surface area contributed by atoms with Crippen molar-refractivity contribution >= 4 is 11.8 Å². The third-order valence-corrected chi connectivity index (χ3v) is 7.95. The van der Waals surface area contributed by atoms with Crippen LogP contribution in [0.4, 0.5) is 19.3 Å². The Labute approximate surface area is 216 Å². The Morgan fingerprint density at radius 1 is 0.946 bits per heavy atom. The van der Waals surface area contributed by atoms with E-state index in [1.165, 1.54) is 28.7 Å². The standard InChI is InChI=1S/C30H33F2N2O3/c1-36-26-12-8-22(9-13-26)14-17-34-18-15-24(16-19-34)29(21-34)37-30(35)33(28-5-3-2-4-27(28)32)20-23-6-10-25(31)11-7-23/h2-13,24,29H,14-21H2,1H3/q+1. The Morgan fingerprint density at radius 2 is 1.62 bits per heavy atom. The number of amides is 1. The van der Waals surface area contributed by atoms with Crippen molar-refractivity contribution in [2.45, 2.75) is 31.9 Å². The topological polar surface area (TPSA) is 38.8 Å². The predicted molar refractivity (Wildman–Crippen MR) is 138 cm³/mol. The predicted octanol–water partition coefficient (Wildman–Crippen LogP) is 5.97. The van der Waals surface area contributed by atoms with Gasteiger partial charge in [-0.1, -0.05) is 36.4 Å². The summed E-state index contributed by atoms with van der Waals surface area (Å²) in [6, 6.07) is 20.2. The van der Waals surface area contributed by atoms with Gasteiger partial charge in [-0.05, 0) is 47.5 Å². The minimum Gasteiger partial charge on any atom is -0.497 e. The second-order valence-electron chi connectivity index (χ2n) is 10.2. The van der Waals surface area contributed by atoms with Crippen molar-refractivity contribution in [2.24, 2.45) is 5.92 Å². The molecule has 3 aliphatic rings. The van der Waals surface area contributed by atoms with Crippen LogP contribution in [0, 0.1) is 17.6 Å². The summed E-state index contributed by atoms with van der Waals surface area (Å²) < 4.78 is 40.5. The summed E-state index contributed by atoms with van der Waals surface area (Å²) in [5, 5.41) is 0. The van der Waals surface area contributed by atoms with E-state index in [4.69, 9.17) is 9.47 Å². The zero-order chi connectivity index (χ0) is 25.8. The third-order valence-electron chi connectivity index (χ3n) is 7.95. The molecule has 6 rings (SSSR count). The largest absolute Gasteiger partial charge is 0.497 e. The number of ether oxygens (including phenoxy) is 2. The minimum atomic E-state index is -0.568. The molecule has 1 unspecified atom stereocenters. The first-order chi connectivity index (χ1) is 17.9. The van der Waals surface area contributed by atoms with Gasteiger partial charge in [0.05, 0.1) is 39.0 Å². The van der Waals surface area contributed by atoms with Gasteiger partial charge in [-0.3, -0.25) is 4.90 Å². The number of benzene rings is 3. The molecule has 1 atom stereocenters. The number of anilines is 1. The van der Waals surface area contributed by atoms with Crippen LogP contribution >= 0.6 is 0 Å². The first kappa shape index (κ1) is 25.2. The fourth-order valence-corrected chi connectivity index (χ4v) is 5.71. The molecule has 3 heterocycles. The van der Waals surface area contributed by atoms with Crippen molar-refractivity contribution in [3.63, 3.8) is 0 Å². The van der Waals surface area contributed by atoms with Gasteiger partial charge in [-0.2, -0.15) is 0 Å². The van der Waals surface area contributed by atoms with E-state index >= 15 is 0 Å². The van der Waals surface area contributed by atoms with E-state index < -0.39 is 11.9 Å². The molecule has 0 radical (unpaired) electrons. The van der Waals surface area contributed by atoms with Crippen molar-refractivity contribution in [1.82, 2.24) is 0 Å². The monoisotopic (exact) mass is 507 g/mol. The molecule has 194 valence electrons. The normalized spacial score (nSPS) is 22.5. The summed E-state index contributed by atoms with van der Waals surface area (Å²) in [5.41, 5.74) is 2.11. The van der Waals surface area contributed by atoms with Crippen LogP contribution in [0.15, 0.2) is 72.8 Å². The molecule has 0 saturated carbocycles. The lowest BCUT2D eigenvalue weighted by Gasteiger charge is -2.52. The van der Waals surface area contributed by atoms with Crippen LogP contribution in [0.1, 0.15) is 24.0 Å². The Balaban J connectivity index is 1.29. The van der Waals surface area contributed by atoms with Crippen molar-refractivity contribution in [3.8, 4) is 5.75 Å². The molecule has 0 aromatic heterocycles. The fourth-order valence-electron chi connectivity index (χ4n) is 5.71. The SMILES string of the molecule is COc1ccc(CC[N+]23CCC(CC2)C(OC(=O)N(Cc2ccc(F)cc2)c2ccccc2F)C3)cc1. The van der Waals surface area contributed by atoms with E-state index in [-0.39, 0.29) is 24.2 Å². The lowest BCUT2D eigenvalue weighted by Crippen LogP contribution is -2.65. The summed E-state index contributed by atoms with van der Waals surface area (Å²) >= 11 is 0. The summed E-state index contributed by atoms with van der Waals surface area (Å²) in [7, 11) is 1.67. The number of carbonyl (C=O) groups excluding carboxylic acids is 1. The number of methoxy groups -OCH3 is 1. The van der Waals surface area contributed by atoms with Gasteiger partial charge in [0.25, 0.3) is 0 Å². The van der Waals surface area contributed by atoms with Gasteiger partial charge in [0.15, 0.2) is 6.10 Å². The van der Waals surface area contributed by atoms with Crippen LogP contribution in [-0.2, 0) is 17.7 Å². The molecule has 1 amide bonds. The van der Waals surface area contributed by atoms with Crippen molar-refractivity contribution < 1.29 is 27.5 Å². The first-order valence-electron chi connectivity index (χ1n) is 12.9. The number of piperidine rings is 3. The van der Waals surface area contributed by atoms with E-state index in [2.05, 4.69) is 12.1 Å². The van der Waals surface area contributed by atoms with Crippen LogP contribution in [0.25, 0.3) is 0 Å². The second kappa shape index (κ2) is 10.9. The number of fused-ring (bicyclic) bond motifs is 3. The zero-order valence-corrected chi connectivity index (χ0v) is 21.1. The Morgan fingerprint density at radius 3 is 2.30 bits per heavy atom. The van der Waals surface area contributed by atoms with Crippen LogP contribution in [0.2, 0.25) is 0 Å². The van der Waals surface area contributed by atoms with E-state index in [0.717, 1.165) is 55.7 Å². The number of nitrogens with zero attached hydrogens (tertiary/aromatic N) is 2. The lowest BCUT2D eigenvalue weighted by atomic mass is 9.83. The van der Waals surface area contributed by atoms with Gasteiger partial charge >= 0.3 is 6.09 Å². The van der Waals surface area contributed by atoms with E-state index in [1.54, 1.807) is 37.4 Å². The highest BCUT2D eigenvalue weighted by Gasteiger charge is 2.47. The Hall–Kier alpha value is -3.45. The first-order valence-corrected chi connectivity index (χ1v) is 12.9. The quantitative estimate of drug-likeness (QED) is 0.353. The molecule has 2 bridgehead atoms. The van der Waals surface area contributed by atoms with Crippen molar-refractivity contribution in [1.29, 1.82) is 0 Å². The molecule has 37 heavy (non-hydrogen) atoms. The van der Waals surface area contributed by atoms with E-state index in [1.807, 2.05) is 12.1 Å². The number of rotatable bonds is 8. The van der Waals surface area contributed by atoms with Gasteiger partial charge in [-0.15, -0.1) is 0 Å². The minimum absolute atomic E-state index is 0.0922. The summed E-state index contributed by atoms with van der Waals surface area (Å²) in [4.78, 5) is 14.8. The highest BCUT2D eigenvalue weighted by atomic mass is 19.1. The molecule has 3 fully saturated rings. The van der Waals surface area contributed by atoms with E-state index in [9.17, 15) is 13.6 Å². The molecule has 3 aromatic rings. The molecular formula is C30H33F2N2O3+. The number of hydrogen-bond donors (Lipinski definition) is 0. The number of para-hydroxylation sites is 1. The number of hydrogen-bond acceptors (Lipinski definition) is 3. The van der Waals surface area contributed by atoms with Gasteiger partial charge in [0.1, 0.15) is 23.9 Å². The smallest absolute Gasteiger partial charge is 0.415 e. The number of quaternary nitrogens is 1.